The SMILES string of the molecule is COCC(SC(C)C)c1cc(C)ccc1N. The minimum absolute atomic E-state index is 0.324. The molecule has 0 fully saturated rings. The Kier molecular flexibility index (Phi) is 5.16. The van der Waals surface area contributed by atoms with E-state index < -0.39 is 0 Å². The number of hydrogen-bond donors (Lipinski definition) is 1. The molecule has 0 spiro atoms. The fraction of sp³-hybridized carbons (Fsp3) is 0.538. The van der Waals surface area contributed by atoms with E-state index in [0.717, 1.165) is 5.69 Å². The molecular formula is C13H21NOS. The summed E-state index contributed by atoms with van der Waals surface area (Å²) in [6.07, 6.45) is 0. The summed E-state index contributed by atoms with van der Waals surface area (Å²) >= 11 is 1.90. The second kappa shape index (κ2) is 6.16. The standard InChI is InChI=1S/C13H21NOS/c1-9(2)16-13(8-15-4)11-7-10(3)5-6-12(11)14/h5-7,9,13H,8,14H2,1-4H3. The van der Waals surface area contributed by atoms with Crippen LogP contribution >= 0.6 is 11.8 Å². The van der Waals surface area contributed by atoms with Gasteiger partial charge in [-0.15, -0.1) is 11.8 Å². The molecule has 0 aliphatic carbocycles. The summed E-state index contributed by atoms with van der Waals surface area (Å²) in [5.74, 6) is 0. The molecular weight excluding hydrogens is 218 g/mol. The molecule has 90 valence electrons. The number of rotatable bonds is 5. The van der Waals surface area contributed by atoms with Crippen LogP contribution in [0.5, 0.6) is 0 Å². The van der Waals surface area contributed by atoms with Gasteiger partial charge in [0, 0.05) is 12.8 Å². The highest BCUT2D eigenvalue weighted by Gasteiger charge is 2.16. The van der Waals surface area contributed by atoms with E-state index in [2.05, 4.69) is 26.8 Å². The van der Waals surface area contributed by atoms with Crippen LogP contribution < -0.4 is 5.73 Å². The van der Waals surface area contributed by atoms with Crippen molar-refractivity contribution in [2.45, 2.75) is 31.3 Å². The van der Waals surface area contributed by atoms with E-state index in [0.29, 0.717) is 17.1 Å². The summed E-state index contributed by atoms with van der Waals surface area (Å²) in [5, 5.41) is 0.893. The van der Waals surface area contributed by atoms with E-state index in [-0.39, 0.29) is 0 Å². The molecule has 0 radical (unpaired) electrons. The van der Waals surface area contributed by atoms with Gasteiger partial charge in [0.2, 0.25) is 0 Å². The molecule has 1 rings (SSSR count). The van der Waals surface area contributed by atoms with Crippen LogP contribution in [0.2, 0.25) is 0 Å². The molecule has 1 atom stereocenters. The Morgan fingerprint density at radius 1 is 1.38 bits per heavy atom. The third-order valence-corrected chi connectivity index (χ3v) is 3.61. The van der Waals surface area contributed by atoms with E-state index in [1.807, 2.05) is 23.9 Å². The van der Waals surface area contributed by atoms with Crippen molar-refractivity contribution < 1.29 is 4.74 Å². The van der Waals surface area contributed by atoms with Crippen LogP contribution in [0.15, 0.2) is 18.2 Å². The predicted octanol–water partition coefficient (Wildman–Crippen LogP) is 3.41. The summed E-state index contributed by atoms with van der Waals surface area (Å²) in [7, 11) is 1.74. The van der Waals surface area contributed by atoms with Crippen LogP contribution in [0.1, 0.15) is 30.2 Å². The average molecular weight is 239 g/mol. The van der Waals surface area contributed by atoms with Gasteiger partial charge in [-0.3, -0.25) is 0 Å². The van der Waals surface area contributed by atoms with Gasteiger partial charge in [-0.25, -0.2) is 0 Å². The van der Waals surface area contributed by atoms with Gasteiger partial charge in [0.05, 0.1) is 11.9 Å². The Bertz CT molecular complexity index is 339. The number of nitrogen functional groups attached to an aromatic ring is 1. The maximum Gasteiger partial charge on any atom is 0.0623 e. The quantitative estimate of drug-likeness (QED) is 0.800. The summed E-state index contributed by atoms with van der Waals surface area (Å²) in [5.41, 5.74) is 9.33. The van der Waals surface area contributed by atoms with Crippen molar-refractivity contribution in [3.8, 4) is 0 Å². The molecule has 0 saturated heterocycles. The minimum atomic E-state index is 0.324. The average Bonchev–Trinajstić information content (AvgIpc) is 2.20. The molecule has 2 N–H and O–H groups in total. The molecule has 16 heavy (non-hydrogen) atoms. The van der Waals surface area contributed by atoms with Gasteiger partial charge in [-0.05, 0) is 23.8 Å². The molecule has 1 aromatic carbocycles. The first-order chi connectivity index (χ1) is 7.54. The van der Waals surface area contributed by atoms with E-state index in [4.69, 9.17) is 10.5 Å². The highest BCUT2D eigenvalue weighted by molar-refractivity contribution is 8.00. The van der Waals surface area contributed by atoms with E-state index in [1.54, 1.807) is 7.11 Å². The molecule has 3 heteroatoms. The third kappa shape index (κ3) is 3.72. The molecule has 0 bridgehead atoms. The van der Waals surface area contributed by atoms with E-state index in [9.17, 15) is 0 Å². The largest absolute Gasteiger partial charge is 0.398 e. The second-order valence-electron chi connectivity index (χ2n) is 4.26. The van der Waals surface area contributed by atoms with Crippen molar-refractivity contribution in [1.29, 1.82) is 0 Å². The zero-order valence-electron chi connectivity index (χ0n) is 10.5. The van der Waals surface area contributed by atoms with Gasteiger partial charge < -0.3 is 10.5 Å². The number of aryl methyl sites for hydroxylation is 1. The van der Waals surface area contributed by atoms with Crippen LogP contribution in [0.3, 0.4) is 0 Å². The highest BCUT2D eigenvalue weighted by Crippen LogP contribution is 2.35. The lowest BCUT2D eigenvalue weighted by molar-refractivity contribution is 0.200. The van der Waals surface area contributed by atoms with Crippen LogP contribution in [0.25, 0.3) is 0 Å². The molecule has 0 heterocycles. The molecule has 0 saturated carbocycles. The third-order valence-electron chi connectivity index (χ3n) is 2.34. The number of thioether (sulfide) groups is 1. The predicted molar refractivity (Wildman–Crippen MR) is 72.9 cm³/mol. The molecule has 1 aromatic rings. The van der Waals surface area contributed by atoms with Gasteiger partial charge in [-0.2, -0.15) is 0 Å². The highest BCUT2D eigenvalue weighted by atomic mass is 32.2. The van der Waals surface area contributed by atoms with Gasteiger partial charge in [0.1, 0.15) is 0 Å². The Hall–Kier alpha value is -0.670. The van der Waals surface area contributed by atoms with Crippen molar-refractivity contribution >= 4 is 17.4 Å². The topological polar surface area (TPSA) is 35.2 Å². The van der Waals surface area contributed by atoms with Crippen LogP contribution in [-0.4, -0.2) is 19.0 Å². The fourth-order valence-electron chi connectivity index (χ4n) is 1.66. The van der Waals surface area contributed by atoms with Crippen molar-refractivity contribution in [3.05, 3.63) is 29.3 Å². The zero-order valence-corrected chi connectivity index (χ0v) is 11.3. The van der Waals surface area contributed by atoms with Crippen molar-refractivity contribution in [3.63, 3.8) is 0 Å². The van der Waals surface area contributed by atoms with Gasteiger partial charge in [-0.1, -0.05) is 31.5 Å². The monoisotopic (exact) mass is 239 g/mol. The molecule has 0 aliphatic rings. The van der Waals surface area contributed by atoms with Crippen molar-refractivity contribution in [1.82, 2.24) is 0 Å². The second-order valence-corrected chi connectivity index (χ2v) is 6.05. The Labute approximate surface area is 103 Å². The normalized spacial score (nSPS) is 13.1. The molecule has 0 aromatic heterocycles. The lowest BCUT2D eigenvalue weighted by Gasteiger charge is -2.20. The van der Waals surface area contributed by atoms with Gasteiger partial charge >= 0.3 is 0 Å². The summed E-state index contributed by atoms with van der Waals surface area (Å²) < 4.78 is 5.28. The Morgan fingerprint density at radius 3 is 2.62 bits per heavy atom. The summed E-state index contributed by atoms with van der Waals surface area (Å²) in [6, 6.07) is 6.19. The molecule has 0 aliphatic heterocycles. The lowest BCUT2D eigenvalue weighted by atomic mass is 10.1. The van der Waals surface area contributed by atoms with Gasteiger partial charge in [0.25, 0.3) is 0 Å². The number of benzene rings is 1. The smallest absolute Gasteiger partial charge is 0.0623 e. The molecule has 1 unspecified atom stereocenters. The Morgan fingerprint density at radius 2 is 2.06 bits per heavy atom. The summed E-state index contributed by atoms with van der Waals surface area (Å²) in [4.78, 5) is 0. The number of nitrogens with two attached hydrogens (primary N) is 1. The van der Waals surface area contributed by atoms with Crippen LogP contribution in [-0.2, 0) is 4.74 Å². The minimum Gasteiger partial charge on any atom is -0.398 e. The first-order valence-corrected chi connectivity index (χ1v) is 6.49. The first kappa shape index (κ1) is 13.4. The number of anilines is 1. The Balaban J connectivity index is 2.94. The molecule has 0 amide bonds. The van der Waals surface area contributed by atoms with Crippen LogP contribution in [0, 0.1) is 6.92 Å². The van der Waals surface area contributed by atoms with Crippen molar-refractivity contribution in [2.24, 2.45) is 0 Å². The van der Waals surface area contributed by atoms with E-state index in [1.165, 1.54) is 11.1 Å². The fourth-order valence-corrected chi connectivity index (χ4v) is 2.88. The first-order valence-electron chi connectivity index (χ1n) is 5.55. The lowest BCUT2D eigenvalue weighted by Crippen LogP contribution is -2.08. The maximum atomic E-state index is 6.03. The van der Waals surface area contributed by atoms with E-state index >= 15 is 0 Å². The summed E-state index contributed by atoms with van der Waals surface area (Å²) in [6.45, 7) is 7.18. The number of ether oxygens (including phenoxy) is 1. The molecule has 2 nitrogen and oxygen atoms in total. The number of methoxy groups -OCH3 is 1. The van der Waals surface area contributed by atoms with Gasteiger partial charge in [0.15, 0.2) is 0 Å². The maximum absolute atomic E-state index is 6.03. The zero-order chi connectivity index (χ0) is 12.1. The number of hydrogen-bond acceptors (Lipinski definition) is 3. The van der Waals surface area contributed by atoms with Crippen LogP contribution in [0.4, 0.5) is 5.69 Å². The van der Waals surface area contributed by atoms with Crippen molar-refractivity contribution in [2.75, 3.05) is 19.5 Å².